The Kier molecular flexibility index (Phi) is 89.4. The Labute approximate surface area is 127 Å². The van der Waals surface area contributed by atoms with Gasteiger partial charge >= 0.3 is 49.1 Å². The first-order valence-electron chi connectivity index (χ1n) is 3.74. The van der Waals surface area contributed by atoms with Crippen molar-refractivity contribution in [3.8, 4) is 0 Å². The molecule has 0 unspecified atom stereocenters. The fourth-order valence-corrected chi connectivity index (χ4v) is 0. The van der Waals surface area contributed by atoms with Crippen molar-refractivity contribution in [2.24, 2.45) is 0 Å². The van der Waals surface area contributed by atoms with E-state index in [0.29, 0.717) is 0 Å². The predicted octanol–water partition coefficient (Wildman–Crippen LogP) is 3.40. The standard InChI is InChI=1S/2C3H9P.2CHO.Fe.2HI/c2*1-4(2)3;2*1-2;;;/h2*1-3H3;2*1H;;2*1H/q;;2*-1;+2;;. The molecule has 0 radical (unpaired) electrons. The van der Waals surface area contributed by atoms with E-state index < -0.39 is 0 Å². The first-order chi connectivity index (χ1) is 6.88. The van der Waals surface area contributed by atoms with E-state index in [1.165, 1.54) is 8.46 Å². The fraction of sp³-hybridized carbons (Fsp3) is 0.750. The van der Waals surface area contributed by atoms with Crippen molar-refractivity contribution in [1.82, 2.24) is 0 Å². The second-order valence-corrected chi connectivity index (χ2v) is 18.4. The Morgan fingerprint density at radius 3 is 0.733 bits per heavy atom. The van der Waals surface area contributed by atoms with Crippen LogP contribution in [0.4, 0.5) is 0 Å². The van der Waals surface area contributed by atoms with Gasteiger partial charge in [-0.1, -0.05) is 0 Å². The van der Waals surface area contributed by atoms with Gasteiger partial charge in [-0.05, 0) is 15.8 Å². The monoisotopic (exact) mass is 522 g/mol. The van der Waals surface area contributed by atoms with Crippen LogP contribution in [0.1, 0.15) is 0 Å². The van der Waals surface area contributed by atoms with Crippen molar-refractivity contribution in [2.75, 3.05) is 40.0 Å². The first-order valence-corrected chi connectivity index (χ1v) is 16.9. The van der Waals surface area contributed by atoms with Crippen molar-refractivity contribution < 1.29 is 18.0 Å². The Hall–Kier alpha value is 2.18. The van der Waals surface area contributed by atoms with E-state index in [9.17, 15) is 0 Å². The molecule has 7 heteroatoms. The van der Waals surface area contributed by atoms with Gasteiger partial charge in [-0.25, -0.2) is 0 Å². The van der Waals surface area contributed by atoms with Crippen molar-refractivity contribution in [3.63, 3.8) is 0 Å². The molecule has 0 aliphatic heterocycles. The third kappa shape index (κ3) is 685. The van der Waals surface area contributed by atoms with Crippen LogP contribution in [-0.4, -0.2) is 53.6 Å². The summed E-state index contributed by atoms with van der Waals surface area (Å²) in [6, 6.07) is 0. The van der Waals surface area contributed by atoms with Gasteiger partial charge in [-0.3, -0.25) is 13.6 Å². The van der Waals surface area contributed by atoms with E-state index in [2.05, 4.69) is 94.3 Å². The number of hydrogen-bond donors (Lipinski definition) is 0. The molecule has 0 bridgehead atoms. The van der Waals surface area contributed by atoms with Crippen LogP contribution in [0.15, 0.2) is 0 Å². The SMILES string of the molecule is C[PH+](C)C.C[PH+](C)C.[CH-]=O.[CH-]=O.[I][Fe][I]. The van der Waals surface area contributed by atoms with E-state index in [4.69, 9.17) is 9.59 Å². The quantitative estimate of drug-likeness (QED) is 0.161. The zero-order valence-electron chi connectivity index (χ0n) is 10.1. The predicted molar refractivity (Wildman–Crippen MR) is 93.7 cm³/mol. The summed E-state index contributed by atoms with van der Waals surface area (Å²) >= 11 is 4.55. The molecule has 0 rings (SSSR count). The molecule has 0 fully saturated rings. The molecule has 0 atom stereocenters. The Morgan fingerprint density at radius 2 is 0.733 bits per heavy atom. The van der Waals surface area contributed by atoms with Gasteiger partial charge in [0.15, 0.2) is 0 Å². The zero-order valence-corrected chi connectivity index (χ0v) is 17.5. The number of carbonyl (C=O) groups excluding carboxylic acids is 2. The molecule has 15 heavy (non-hydrogen) atoms. The third-order valence-electron chi connectivity index (χ3n) is 0. The van der Waals surface area contributed by atoms with Crippen LogP contribution in [-0.2, 0) is 18.0 Å². The topological polar surface area (TPSA) is 34.1 Å². The summed E-state index contributed by atoms with van der Waals surface area (Å²) < 4.78 is 0. The molecule has 0 saturated carbocycles. The maximum absolute atomic E-state index is 7.75. The van der Waals surface area contributed by atoms with Gasteiger partial charge in [0.25, 0.3) is 0 Å². The molecule has 0 saturated heterocycles. The summed E-state index contributed by atoms with van der Waals surface area (Å²) in [5.74, 6) is 0. The van der Waals surface area contributed by atoms with Gasteiger partial charge in [0.1, 0.15) is 0 Å². The van der Waals surface area contributed by atoms with Gasteiger partial charge in [0.05, 0.1) is 0 Å². The van der Waals surface area contributed by atoms with Crippen molar-refractivity contribution >= 4 is 70.1 Å². The summed E-state index contributed by atoms with van der Waals surface area (Å²) in [5, 5.41) is 0. The fourth-order valence-electron chi connectivity index (χ4n) is 0. The molecule has 2 nitrogen and oxygen atoms in total. The molecule has 0 spiro atoms. The molecular weight excluding hydrogens is 500 g/mol. The molecule has 0 aromatic rings. The normalized spacial score (nSPS) is 6.80. The molecule has 98 valence electrons. The summed E-state index contributed by atoms with van der Waals surface area (Å²) in [4.78, 5) is 15.5. The average Bonchev–Trinajstić information content (AvgIpc) is 2.09. The number of hydrogen-bond acceptors (Lipinski definition) is 2. The average molecular weight is 522 g/mol. The second kappa shape index (κ2) is 44.2. The number of halogens is 2. The molecule has 0 amide bonds. The minimum atomic E-state index is 0.120. The molecular formula is C8H22FeI2O2P2. The molecule has 0 aromatic carbocycles. The van der Waals surface area contributed by atoms with Crippen LogP contribution < -0.4 is 0 Å². The van der Waals surface area contributed by atoms with E-state index in [0.717, 1.165) is 0 Å². The van der Waals surface area contributed by atoms with E-state index in [1.807, 2.05) is 0 Å². The van der Waals surface area contributed by atoms with E-state index >= 15 is 0 Å². The zero-order chi connectivity index (χ0) is 13.9. The van der Waals surface area contributed by atoms with Gasteiger partial charge < -0.3 is 9.59 Å². The molecule has 0 aliphatic carbocycles. The van der Waals surface area contributed by atoms with Gasteiger partial charge in [0, 0.05) is 40.0 Å². The van der Waals surface area contributed by atoms with Gasteiger partial charge in [0.2, 0.25) is 0 Å². The van der Waals surface area contributed by atoms with Crippen LogP contribution in [0.5, 0.6) is 0 Å². The number of rotatable bonds is 0. The Morgan fingerprint density at radius 1 is 0.733 bits per heavy atom. The van der Waals surface area contributed by atoms with Crippen molar-refractivity contribution in [2.45, 2.75) is 0 Å². The van der Waals surface area contributed by atoms with Crippen molar-refractivity contribution in [3.05, 3.63) is 0 Å². The van der Waals surface area contributed by atoms with Crippen LogP contribution in [0.25, 0.3) is 0 Å². The van der Waals surface area contributed by atoms with Crippen LogP contribution in [0.2, 0.25) is 0 Å². The molecule has 0 heterocycles. The summed E-state index contributed by atoms with van der Waals surface area (Å²) in [7, 11) is 1.43. The van der Waals surface area contributed by atoms with Gasteiger partial charge in [-0.2, -0.15) is 0 Å². The van der Waals surface area contributed by atoms with Crippen molar-refractivity contribution in [1.29, 1.82) is 0 Å². The first kappa shape index (κ1) is 30.3. The Bertz CT molecular complexity index is 68.2. The minimum absolute atomic E-state index is 0.120. The summed E-state index contributed by atoms with van der Waals surface area (Å²) in [6.45, 7) is 20.1. The summed E-state index contributed by atoms with van der Waals surface area (Å²) in [5.41, 5.74) is 0. The van der Waals surface area contributed by atoms with Gasteiger partial charge in [-0.15, -0.1) is 0 Å². The second-order valence-electron chi connectivity index (χ2n) is 3.05. The summed E-state index contributed by atoms with van der Waals surface area (Å²) in [6.07, 6.45) is 0. The van der Waals surface area contributed by atoms with E-state index in [1.54, 1.807) is 0 Å². The van der Waals surface area contributed by atoms with Crippen LogP contribution in [0.3, 0.4) is 0 Å². The molecule has 0 N–H and O–H groups in total. The van der Waals surface area contributed by atoms with Crippen LogP contribution >= 0.6 is 56.5 Å². The molecule has 0 aromatic heterocycles. The third-order valence-corrected chi connectivity index (χ3v) is 0. The maximum atomic E-state index is 7.75. The van der Waals surface area contributed by atoms with Crippen LogP contribution in [0, 0.1) is 0 Å². The molecule has 0 aliphatic rings. The van der Waals surface area contributed by atoms with E-state index in [-0.39, 0.29) is 15.8 Å². The Balaban J connectivity index is -0.0000000289.